The topological polar surface area (TPSA) is 99.2 Å². The van der Waals surface area contributed by atoms with Gasteiger partial charge in [-0.25, -0.2) is 8.42 Å². The van der Waals surface area contributed by atoms with Gasteiger partial charge >= 0.3 is 24.4 Å². The van der Waals surface area contributed by atoms with Crippen LogP contribution in [0.4, 0.5) is 35.1 Å². The molecule has 0 rings (SSSR count). The normalized spacial score (nSPS) is 16.4. The number of quaternary nitrogens is 1. The van der Waals surface area contributed by atoms with Gasteiger partial charge in [0, 0.05) is 13.1 Å². The van der Waals surface area contributed by atoms with Crippen molar-refractivity contribution in [3.63, 3.8) is 0 Å². The van der Waals surface area contributed by atoms with Crippen LogP contribution in [0.15, 0.2) is 0 Å². The molecular formula is C13H24F8N3O6PS. The molecule has 9 nitrogen and oxygen atoms in total. The van der Waals surface area contributed by atoms with Crippen LogP contribution in [0.3, 0.4) is 0 Å². The lowest BCUT2D eigenvalue weighted by Gasteiger charge is -2.36. The molecule has 0 radical (unpaired) electrons. The quantitative estimate of drug-likeness (QED) is 0.137. The monoisotopic (exact) mass is 533 g/mol. The van der Waals surface area contributed by atoms with Gasteiger partial charge in [-0.05, 0) is 0 Å². The highest BCUT2D eigenvalue weighted by atomic mass is 32.2. The van der Waals surface area contributed by atoms with Crippen LogP contribution in [0.25, 0.3) is 0 Å². The number of phosphoric acid groups is 1. The van der Waals surface area contributed by atoms with Crippen molar-refractivity contribution >= 4 is 17.8 Å². The summed E-state index contributed by atoms with van der Waals surface area (Å²) in [6, 6.07) is -6.52. The molecule has 32 heavy (non-hydrogen) atoms. The van der Waals surface area contributed by atoms with Gasteiger partial charge in [-0.3, -0.25) is 4.57 Å². The third-order valence-electron chi connectivity index (χ3n) is 3.71. The van der Waals surface area contributed by atoms with Crippen LogP contribution in [-0.4, -0.2) is 100 Å². The van der Waals surface area contributed by atoms with E-state index in [0.717, 1.165) is 6.92 Å². The van der Waals surface area contributed by atoms with E-state index in [4.69, 9.17) is 0 Å². The first kappa shape index (κ1) is 31.4. The van der Waals surface area contributed by atoms with Crippen molar-refractivity contribution in [2.24, 2.45) is 0 Å². The third-order valence-corrected chi connectivity index (χ3v) is 6.72. The molecule has 0 aliphatic heterocycles. The molecule has 0 spiro atoms. The Labute approximate surface area is 179 Å². The van der Waals surface area contributed by atoms with Gasteiger partial charge in [-0.15, -0.1) is 4.90 Å². The molecule has 19 heteroatoms. The number of phosphoric ester groups is 1. The van der Waals surface area contributed by atoms with Crippen LogP contribution in [-0.2, 0) is 23.6 Å². The van der Waals surface area contributed by atoms with Crippen LogP contribution < -0.4 is 4.89 Å². The Morgan fingerprint density at radius 1 is 1.00 bits per heavy atom. The number of hydrogen-bond donors (Lipinski definition) is 0. The largest absolute Gasteiger partial charge is 0.756 e. The molecule has 0 bridgehead atoms. The molecule has 1 unspecified atom stereocenters. The lowest BCUT2D eigenvalue weighted by molar-refractivity contribution is -0.870. The van der Waals surface area contributed by atoms with Gasteiger partial charge in [0.2, 0.25) is 0 Å². The maximum Gasteiger partial charge on any atom is 0.436 e. The minimum Gasteiger partial charge on any atom is -0.756 e. The van der Waals surface area contributed by atoms with E-state index in [9.17, 15) is 53.0 Å². The zero-order chi connectivity index (χ0) is 25.8. The molecule has 0 fully saturated rings. The van der Waals surface area contributed by atoms with Crippen molar-refractivity contribution in [1.82, 2.24) is 9.21 Å². The van der Waals surface area contributed by atoms with Crippen LogP contribution in [0.1, 0.15) is 6.92 Å². The average Bonchev–Trinajstić information content (AvgIpc) is 2.55. The Kier molecular flexibility index (Phi) is 11.0. The number of nitrogens with zero attached hydrogens (tertiary/aromatic N) is 3. The van der Waals surface area contributed by atoms with Crippen LogP contribution >= 0.6 is 7.82 Å². The molecule has 0 aromatic heterocycles. The van der Waals surface area contributed by atoms with E-state index in [1.165, 1.54) is 0 Å². The Morgan fingerprint density at radius 2 is 1.44 bits per heavy atom. The van der Waals surface area contributed by atoms with E-state index in [0.29, 0.717) is 4.48 Å². The van der Waals surface area contributed by atoms with Crippen molar-refractivity contribution in [2.75, 3.05) is 54.0 Å². The fraction of sp³-hybridized carbons (Fsp3) is 1.00. The van der Waals surface area contributed by atoms with Gasteiger partial charge < -0.3 is 18.4 Å². The third kappa shape index (κ3) is 8.00. The SMILES string of the molecule is CCN(CCOP(=O)([O-])OCC[N+](C)(C)C)S(=O)(=O)C(F)(F)C(F)(F)N(C(F)F)C(F)F. The molecule has 0 saturated heterocycles. The van der Waals surface area contributed by atoms with E-state index >= 15 is 0 Å². The molecule has 0 amide bonds. The summed E-state index contributed by atoms with van der Waals surface area (Å²) in [6.07, 6.45) is 0. The summed E-state index contributed by atoms with van der Waals surface area (Å²) < 4.78 is 150. The van der Waals surface area contributed by atoms with Crippen molar-refractivity contribution in [2.45, 2.75) is 31.3 Å². The summed E-state index contributed by atoms with van der Waals surface area (Å²) in [5.74, 6) is 0. The number of rotatable bonds is 15. The molecule has 0 N–H and O–H groups in total. The number of sulfonamides is 1. The van der Waals surface area contributed by atoms with Crippen molar-refractivity contribution in [3.05, 3.63) is 0 Å². The summed E-state index contributed by atoms with van der Waals surface area (Å²) in [5.41, 5.74) is 0. The average molecular weight is 533 g/mol. The summed E-state index contributed by atoms with van der Waals surface area (Å²) in [6.45, 7) is -12.4. The first-order chi connectivity index (χ1) is 14.1. The fourth-order valence-electron chi connectivity index (χ4n) is 1.96. The molecule has 0 heterocycles. The number of hydrogen-bond acceptors (Lipinski definition) is 7. The van der Waals surface area contributed by atoms with Crippen molar-refractivity contribution in [3.8, 4) is 0 Å². The predicted octanol–water partition coefficient (Wildman–Crippen LogP) is 1.78. The highest BCUT2D eigenvalue weighted by Crippen LogP contribution is 2.45. The summed E-state index contributed by atoms with van der Waals surface area (Å²) >= 11 is 0. The Hall–Kier alpha value is -0.620. The minimum atomic E-state index is -6.55. The van der Waals surface area contributed by atoms with Gasteiger partial charge in [0.1, 0.15) is 13.2 Å². The van der Waals surface area contributed by atoms with E-state index in [1.807, 2.05) is 0 Å². The first-order valence-electron chi connectivity index (χ1n) is 8.64. The zero-order valence-electron chi connectivity index (χ0n) is 17.4. The predicted molar refractivity (Wildman–Crippen MR) is 92.3 cm³/mol. The minimum absolute atomic E-state index is 0.192. The highest BCUT2D eigenvalue weighted by Gasteiger charge is 2.73. The molecule has 0 aliphatic carbocycles. The Balaban J connectivity index is 5.43. The standard InChI is InChI=1S/C13H24F8N3O6PS/c1-5-22(6-8-29-31(25,26)30-9-7-24(2,3)4)32(27,28)13(20,21)12(18,19)23(10(14)15)11(16)17/h10-11H,5-9H2,1-4H3. The summed E-state index contributed by atoms with van der Waals surface area (Å²) in [4.78, 5) is 9.04. The van der Waals surface area contributed by atoms with Gasteiger partial charge in [0.15, 0.2) is 0 Å². The number of halogens is 8. The van der Waals surface area contributed by atoms with Crippen LogP contribution in [0.2, 0.25) is 0 Å². The molecule has 0 aromatic carbocycles. The Bertz CT molecular complexity index is 744. The second kappa shape index (κ2) is 11.2. The molecular weight excluding hydrogens is 509 g/mol. The summed E-state index contributed by atoms with van der Waals surface area (Å²) in [7, 11) is -6.49. The second-order valence-electron chi connectivity index (χ2n) is 7.14. The van der Waals surface area contributed by atoms with Gasteiger partial charge in [-0.1, -0.05) is 6.92 Å². The van der Waals surface area contributed by atoms with Gasteiger partial charge in [-0.2, -0.15) is 39.4 Å². The van der Waals surface area contributed by atoms with Gasteiger partial charge in [0.25, 0.3) is 17.8 Å². The van der Waals surface area contributed by atoms with E-state index in [2.05, 4.69) is 9.05 Å². The van der Waals surface area contributed by atoms with Crippen LogP contribution in [0.5, 0.6) is 0 Å². The van der Waals surface area contributed by atoms with Crippen molar-refractivity contribution in [1.29, 1.82) is 0 Å². The lowest BCUT2D eigenvalue weighted by atomic mass is 10.5. The second-order valence-corrected chi connectivity index (χ2v) is 10.5. The van der Waals surface area contributed by atoms with E-state index < -0.39 is 71.1 Å². The molecule has 0 aliphatic rings. The number of likely N-dealkylation sites (N-methyl/N-ethyl adjacent to an activating group) is 2. The van der Waals surface area contributed by atoms with Gasteiger partial charge in [0.05, 0.1) is 27.7 Å². The first-order valence-corrected chi connectivity index (χ1v) is 11.5. The molecule has 0 saturated carbocycles. The molecule has 1 atom stereocenters. The smallest absolute Gasteiger partial charge is 0.436 e. The Morgan fingerprint density at radius 3 is 1.81 bits per heavy atom. The van der Waals surface area contributed by atoms with E-state index in [-0.39, 0.29) is 13.2 Å². The molecule has 194 valence electrons. The molecule has 0 aromatic rings. The zero-order valence-corrected chi connectivity index (χ0v) is 19.1. The number of alkyl halides is 8. The lowest BCUT2D eigenvalue weighted by Crippen LogP contribution is -2.63. The fourth-order valence-corrected chi connectivity index (χ4v) is 4.04. The maximum absolute atomic E-state index is 14.1. The highest BCUT2D eigenvalue weighted by molar-refractivity contribution is 7.90. The van der Waals surface area contributed by atoms with Crippen LogP contribution in [0, 0.1) is 0 Å². The van der Waals surface area contributed by atoms with Crippen molar-refractivity contribution < 1.29 is 66.5 Å². The maximum atomic E-state index is 14.1. The van der Waals surface area contributed by atoms with E-state index in [1.54, 1.807) is 21.1 Å². The summed E-state index contributed by atoms with van der Waals surface area (Å²) in [5, 5.41) is -6.44.